The minimum Gasteiger partial charge on any atom is -0.503 e. The van der Waals surface area contributed by atoms with E-state index < -0.39 is 23.5 Å². The van der Waals surface area contributed by atoms with Gasteiger partial charge in [0, 0.05) is 5.75 Å². The molecule has 0 bridgehead atoms. The lowest BCUT2D eigenvalue weighted by Gasteiger charge is -2.25. The van der Waals surface area contributed by atoms with Gasteiger partial charge in [0.15, 0.2) is 21.6 Å². The van der Waals surface area contributed by atoms with Crippen LogP contribution in [0.3, 0.4) is 0 Å². The second-order valence-electron chi connectivity index (χ2n) is 9.61. The molecule has 0 saturated heterocycles. The van der Waals surface area contributed by atoms with Crippen molar-refractivity contribution < 1.29 is 28.6 Å². The summed E-state index contributed by atoms with van der Waals surface area (Å²) in [4.78, 5) is 29.0. The SMILES string of the molecule is CCCCCOc1ccc(C2C(C(=O)c3cccs3)=C(O)C(=O)N2c2nnc(SCc3ccc(F)cc3)s2)cc1OCC. The molecule has 1 aliphatic rings. The van der Waals surface area contributed by atoms with Crippen molar-refractivity contribution in [2.75, 3.05) is 18.1 Å². The number of anilines is 1. The monoisotopic (exact) mass is 639 g/mol. The number of rotatable bonds is 14. The number of thioether (sulfide) groups is 1. The van der Waals surface area contributed by atoms with Crippen molar-refractivity contribution >= 4 is 51.3 Å². The highest BCUT2D eigenvalue weighted by Crippen LogP contribution is 2.45. The van der Waals surface area contributed by atoms with Gasteiger partial charge in [0.25, 0.3) is 5.91 Å². The molecule has 0 saturated carbocycles. The van der Waals surface area contributed by atoms with Gasteiger partial charge in [0.2, 0.25) is 10.9 Å². The van der Waals surface area contributed by atoms with Crippen LogP contribution in [0, 0.1) is 5.82 Å². The maximum absolute atomic E-state index is 13.7. The number of Topliss-reactive ketones (excluding diaryl/α,β-unsaturated/α-hetero) is 1. The third kappa shape index (κ3) is 6.92. The Morgan fingerprint density at radius 2 is 1.88 bits per heavy atom. The van der Waals surface area contributed by atoms with Crippen LogP contribution in [0.1, 0.15) is 60.0 Å². The van der Waals surface area contributed by atoms with Crippen LogP contribution in [-0.2, 0) is 10.5 Å². The lowest BCUT2D eigenvalue weighted by molar-refractivity contribution is -0.117. The molecule has 1 atom stereocenters. The second-order valence-corrected chi connectivity index (χ2v) is 12.7. The predicted molar refractivity (Wildman–Crippen MR) is 167 cm³/mol. The number of aliphatic hydroxyl groups excluding tert-OH is 1. The molecule has 4 aromatic rings. The van der Waals surface area contributed by atoms with Gasteiger partial charge in [-0.05, 0) is 60.2 Å². The molecule has 1 unspecified atom stereocenters. The molecule has 0 aliphatic carbocycles. The zero-order valence-electron chi connectivity index (χ0n) is 23.6. The molecular weight excluding hydrogens is 610 g/mol. The van der Waals surface area contributed by atoms with Crippen LogP contribution in [-0.4, -0.2) is 40.2 Å². The summed E-state index contributed by atoms with van der Waals surface area (Å²) in [5, 5.41) is 21.6. The van der Waals surface area contributed by atoms with Crippen molar-refractivity contribution in [2.24, 2.45) is 0 Å². The number of benzene rings is 2. The van der Waals surface area contributed by atoms with Gasteiger partial charge in [-0.15, -0.1) is 21.5 Å². The van der Waals surface area contributed by atoms with Crippen LogP contribution in [0.25, 0.3) is 0 Å². The van der Waals surface area contributed by atoms with Crippen molar-refractivity contribution in [1.29, 1.82) is 0 Å². The van der Waals surface area contributed by atoms with Gasteiger partial charge in [0.05, 0.1) is 29.7 Å². The number of hydrogen-bond donors (Lipinski definition) is 1. The van der Waals surface area contributed by atoms with Crippen LogP contribution in [0.2, 0.25) is 0 Å². The zero-order chi connectivity index (χ0) is 30.3. The number of unbranched alkanes of at least 4 members (excludes halogenated alkanes) is 2. The molecule has 224 valence electrons. The van der Waals surface area contributed by atoms with Crippen LogP contribution in [0.5, 0.6) is 11.5 Å². The van der Waals surface area contributed by atoms with Gasteiger partial charge >= 0.3 is 0 Å². The molecule has 0 spiro atoms. The molecule has 1 aliphatic heterocycles. The lowest BCUT2D eigenvalue weighted by Crippen LogP contribution is -2.31. The van der Waals surface area contributed by atoms with E-state index >= 15 is 0 Å². The highest BCUT2D eigenvalue weighted by atomic mass is 32.2. The van der Waals surface area contributed by atoms with Crippen molar-refractivity contribution in [1.82, 2.24) is 10.2 Å². The van der Waals surface area contributed by atoms with E-state index in [1.165, 1.54) is 51.5 Å². The van der Waals surface area contributed by atoms with Crippen molar-refractivity contribution in [2.45, 2.75) is 49.2 Å². The van der Waals surface area contributed by atoms with E-state index in [2.05, 4.69) is 17.1 Å². The largest absolute Gasteiger partial charge is 0.503 e. The lowest BCUT2D eigenvalue weighted by atomic mass is 9.95. The number of aromatic nitrogens is 2. The summed E-state index contributed by atoms with van der Waals surface area (Å²) in [7, 11) is 0. The first kappa shape index (κ1) is 30.7. The summed E-state index contributed by atoms with van der Waals surface area (Å²) < 4.78 is 25.8. The summed E-state index contributed by atoms with van der Waals surface area (Å²) in [5.41, 5.74) is 1.42. The third-order valence-electron chi connectivity index (χ3n) is 6.66. The zero-order valence-corrected chi connectivity index (χ0v) is 26.1. The van der Waals surface area contributed by atoms with Gasteiger partial charge in [-0.1, -0.05) is 67.1 Å². The van der Waals surface area contributed by atoms with E-state index in [4.69, 9.17) is 9.47 Å². The Bertz CT molecular complexity index is 1610. The Hall–Kier alpha value is -3.74. The smallest absolute Gasteiger partial charge is 0.296 e. The van der Waals surface area contributed by atoms with Gasteiger partial charge in [-0.2, -0.15) is 0 Å². The normalized spacial score (nSPS) is 14.9. The Labute approximate surface area is 261 Å². The highest BCUT2D eigenvalue weighted by Gasteiger charge is 2.46. The Balaban J connectivity index is 1.49. The van der Waals surface area contributed by atoms with Crippen molar-refractivity contribution in [3.8, 4) is 11.5 Å². The number of carbonyl (C=O) groups excluding carboxylic acids is 2. The average molecular weight is 640 g/mol. The molecule has 5 rings (SSSR count). The molecule has 12 heteroatoms. The predicted octanol–water partition coefficient (Wildman–Crippen LogP) is 7.78. The summed E-state index contributed by atoms with van der Waals surface area (Å²) in [5.74, 6) is -0.560. The molecular formula is C31H30FN3O5S3. The van der Waals surface area contributed by atoms with Gasteiger partial charge < -0.3 is 14.6 Å². The molecule has 2 aromatic heterocycles. The first-order valence-corrected chi connectivity index (χ1v) is 16.5. The highest BCUT2D eigenvalue weighted by molar-refractivity contribution is 8.00. The summed E-state index contributed by atoms with van der Waals surface area (Å²) in [6.45, 7) is 4.91. The molecule has 1 amide bonds. The maximum Gasteiger partial charge on any atom is 0.296 e. The van der Waals surface area contributed by atoms with Crippen molar-refractivity contribution in [3.05, 3.63) is 93.1 Å². The Morgan fingerprint density at radius 1 is 1.07 bits per heavy atom. The van der Waals surface area contributed by atoms with E-state index in [9.17, 15) is 19.1 Å². The minimum absolute atomic E-state index is 0.0396. The van der Waals surface area contributed by atoms with E-state index in [-0.39, 0.29) is 16.5 Å². The molecule has 8 nitrogen and oxygen atoms in total. The average Bonchev–Trinajstić information content (AvgIpc) is 3.76. The van der Waals surface area contributed by atoms with E-state index in [1.807, 2.05) is 6.92 Å². The second kappa shape index (κ2) is 14.2. The molecule has 0 fully saturated rings. The first-order chi connectivity index (χ1) is 20.9. The summed E-state index contributed by atoms with van der Waals surface area (Å²) >= 11 is 3.79. The van der Waals surface area contributed by atoms with Gasteiger partial charge in [-0.25, -0.2) is 4.39 Å². The summed E-state index contributed by atoms with van der Waals surface area (Å²) in [6.07, 6.45) is 3.02. The number of carbonyl (C=O) groups is 2. The van der Waals surface area contributed by atoms with E-state index in [0.29, 0.717) is 45.2 Å². The standard InChI is InChI=1S/C31H30FN3O5S3/c1-3-5-6-15-40-22-14-11-20(17-23(22)39-4-2)26-25(27(36)24-8-7-16-41-24)28(37)29(38)35(26)30-33-34-31(43-30)42-18-19-9-12-21(32)13-10-19/h7-14,16-17,26,37H,3-6,15,18H2,1-2H3. The van der Waals surface area contributed by atoms with Crippen LogP contribution in [0.4, 0.5) is 9.52 Å². The maximum atomic E-state index is 13.7. The van der Waals surface area contributed by atoms with Gasteiger partial charge in [-0.3, -0.25) is 14.5 Å². The minimum atomic E-state index is -0.974. The van der Waals surface area contributed by atoms with Crippen LogP contribution >= 0.6 is 34.4 Å². The molecule has 2 aromatic carbocycles. The van der Waals surface area contributed by atoms with E-state index in [1.54, 1.807) is 47.8 Å². The quantitative estimate of drug-likeness (QED) is 0.0646. The fourth-order valence-corrected chi connectivity index (χ4v) is 7.09. The number of thiophene rings is 1. The van der Waals surface area contributed by atoms with E-state index in [0.717, 1.165) is 24.8 Å². The number of hydrogen-bond acceptors (Lipinski definition) is 10. The van der Waals surface area contributed by atoms with Crippen molar-refractivity contribution in [3.63, 3.8) is 0 Å². The van der Waals surface area contributed by atoms with Crippen LogP contribution in [0.15, 0.2) is 75.6 Å². The van der Waals surface area contributed by atoms with Crippen LogP contribution < -0.4 is 14.4 Å². The molecule has 43 heavy (non-hydrogen) atoms. The topological polar surface area (TPSA) is 102 Å². The van der Waals surface area contributed by atoms with Gasteiger partial charge in [0.1, 0.15) is 5.82 Å². The Kier molecular flexibility index (Phi) is 10.1. The summed E-state index contributed by atoms with van der Waals surface area (Å²) in [6, 6.07) is 13.9. The number of amides is 1. The molecule has 1 N–H and O–H groups in total. The fourth-order valence-electron chi connectivity index (χ4n) is 4.59. The Morgan fingerprint density at radius 3 is 2.60 bits per heavy atom. The fraction of sp³-hybridized carbons (Fsp3) is 0.290. The number of ether oxygens (including phenoxy) is 2. The molecule has 0 radical (unpaired) electrons. The number of halogens is 1. The third-order valence-corrected chi connectivity index (χ3v) is 9.66. The number of nitrogens with zero attached hydrogens (tertiary/aromatic N) is 3. The molecule has 3 heterocycles. The number of ketones is 1. The number of aliphatic hydroxyl groups is 1. The first-order valence-electron chi connectivity index (χ1n) is 13.9.